The second kappa shape index (κ2) is 6.07. The fraction of sp³-hybridized carbons (Fsp3) is 0.286. The van der Waals surface area contributed by atoms with E-state index >= 15 is 0 Å². The Bertz CT molecular complexity index is 511. The third-order valence-electron chi connectivity index (χ3n) is 2.77. The maximum absolute atomic E-state index is 4.33. The molecule has 0 aliphatic rings. The van der Waals surface area contributed by atoms with E-state index in [9.17, 15) is 0 Å². The summed E-state index contributed by atoms with van der Waals surface area (Å²) < 4.78 is 1.10. The fourth-order valence-corrected chi connectivity index (χ4v) is 2.08. The first-order valence-corrected chi connectivity index (χ1v) is 6.71. The molecule has 1 atom stereocenters. The zero-order valence-electron chi connectivity index (χ0n) is 10.5. The number of nitrogens with zero attached hydrogens (tertiary/aromatic N) is 2. The molecule has 0 bridgehead atoms. The smallest absolute Gasteiger partial charge is 0.0724 e. The van der Waals surface area contributed by atoms with Gasteiger partial charge in [-0.3, -0.25) is 9.97 Å². The average Bonchev–Trinajstić information content (AvgIpc) is 2.38. The lowest BCUT2D eigenvalue weighted by molar-refractivity contribution is 0.566. The number of aryl methyl sites for hydroxylation is 1. The summed E-state index contributed by atoms with van der Waals surface area (Å²) in [5.41, 5.74) is 3.16. The van der Waals surface area contributed by atoms with Gasteiger partial charge in [0.1, 0.15) is 0 Å². The number of aromatic nitrogens is 2. The molecule has 4 heteroatoms. The molecule has 1 heterocycles. The minimum atomic E-state index is 0.283. The van der Waals surface area contributed by atoms with Crippen LogP contribution >= 0.6 is 15.9 Å². The number of nitrogens with one attached hydrogen (secondary N) is 1. The molecule has 2 rings (SSSR count). The molecular formula is C14H16BrN3. The first-order chi connectivity index (χ1) is 8.65. The summed E-state index contributed by atoms with van der Waals surface area (Å²) in [5, 5.41) is 3.44. The summed E-state index contributed by atoms with van der Waals surface area (Å²) in [7, 11) is 0. The molecule has 1 N–H and O–H groups in total. The normalized spacial score (nSPS) is 12.4. The fourth-order valence-electron chi connectivity index (χ4n) is 1.66. The van der Waals surface area contributed by atoms with E-state index in [2.05, 4.69) is 50.3 Å². The molecule has 0 radical (unpaired) electrons. The summed E-state index contributed by atoms with van der Waals surface area (Å²) in [6.45, 7) is 4.80. The van der Waals surface area contributed by atoms with E-state index in [0.717, 1.165) is 22.4 Å². The molecule has 0 aliphatic heterocycles. The van der Waals surface area contributed by atoms with Crippen molar-refractivity contribution in [1.29, 1.82) is 0 Å². The molecule has 1 unspecified atom stereocenters. The highest BCUT2D eigenvalue weighted by molar-refractivity contribution is 9.10. The Morgan fingerprint density at radius 1 is 1.28 bits per heavy atom. The molecular weight excluding hydrogens is 290 g/mol. The van der Waals surface area contributed by atoms with Crippen molar-refractivity contribution >= 4 is 15.9 Å². The van der Waals surface area contributed by atoms with Crippen LogP contribution in [-0.2, 0) is 6.54 Å². The number of hydrogen-bond donors (Lipinski definition) is 1. The molecule has 0 fully saturated rings. The monoisotopic (exact) mass is 305 g/mol. The van der Waals surface area contributed by atoms with Crippen molar-refractivity contribution in [3.8, 4) is 0 Å². The molecule has 94 valence electrons. The number of rotatable bonds is 4. The van der Waals surface area contributed by atoms with Gasteiger partial charge in [0.2, 0.25) is 0 Å². The Morgan fingerprint density at radius 3 is 2.78 bits per heavy atom. The highest BCUT2D eigenvalue weighted by atomic mass is 79.9. The van der Waals surface area contributed by atoms with E-state index in [1.165, 1.54) is 5.56 Å². The van der Waals surface area contributed by atoms with Gasteiger partial charge in [-0.15, -0.1) is 0 Å². The van der Waals surface area contributed by atoms with Gasteiger partial charge in [-0.25, -0.2) is 0 Å². The van der Waals surface area contributed by atoms with Crippen LogP contribution in [0.25, 0.3) is 0 Å². The molecule has 2 aromatic rings. The summed E-state index contributed by atoms with van der Waals surface area (Å²) in [4.78, 5) is 8.56. The minimum Gasteiger partial charge on any atom is -0.305 e. The van der Waals surface area contributed by atoms with Crippen LogP contribution in [0.4, 0.5) is 0 Å². The molecule has 0 saturated carbocycles. The van der Waals surface area contributed by atoms with Gasteiger partial charge in [-0.1, -0.05) is 28.1 Å². The Kier molecular flexibility index (Phi) is 4.44. The highest BCUT2D eigenvalue weighted by Crippen LogP contribution is 2.17. The maximum atomic E-state index is 4.33. The van der Waals surface area contributed by atoms with Gasteiger partial charge in [-0.05, 0) is 31.5 Å². The summed E-state index contributed by atoms with van der Waals surface area (Å²) in [6.07, 6.45) is 3.61. The van der Waals surface area contributed by atoms with Crippen molar-refractivity contribution in [3.63, 3.8) is 0 Å². The maximum Gasteiger partial charge on any atom is 0.0724 e. The highest BCUT2D eigenvalue weighted by Gasteiger charge is 2.05. The van der Waals surface area contributed by atoms with Crippen LogP contribution < -0.4 is 5.32 Å². The molecule has 3 nitrogen and oxygen atoms in total. The first-order valence-electron chi connectivity index (χ1n) is 5.91. The van der Waals surface area contributed by atoms with E-state index in [-0.39, 0.29) is 6.04 Å². The minimum absolute atomic E-state index is 0.283. The molecule has 1 aromatic carbocycles. The lowest BCUT2D eigenvalue weighted by Gasteiger charge is -2.14. The quantitative estimate of drug-likeness (QED) is 0.941. The second-order valence-electron chi connectivity index (χ2n) is 4.31. The van der Waals surface area contributed by atoms with Crippen LogP contribution in [0.15, 0.2) is 41.1 Å². The Hall–Kier alpha value is -1.26. The van der Waals surface area contributed by atoms with Crippen molar-refractivity contribution in [2.75, 3.05) is 0 Å². The molecule has 0 aliphatic carbocycles. The molecule has 0 amide bonds. The van der Waals surface area contributed by atoms with Gasteiger partial charge < -0.3 is 5.32 Å². The topological polar surface area (TPSA) is 37.8 Å². The van der Waals surface area contributed by atoms with Gasteiger partial charge >= 0.3 is 0 Å². The van der Waals surface area contributed by atoms with Crippen molar-refractivity contribution < 1.29 is 0 Å². The van der Waals surface area contributed by atoms with E-state index in [1.807, 2.05) is 25.3 Å². The number of hydrogen-bond acceptors (Lipinski definition) is 3. The summed E-state index contributed by atoms with van der Waals surface area (Å²) in [5.74, 6) is 0. The summed E-state index contributed by atoms with van der Waals surface area (Å²) in [6, 6.07) is 8.60. The average molecular weight is 306 g/mol. The van der Waals surface area contributed by atoms with Crippen molar-refractivity contribution in [2.45, 2.75) is 26.4 Å². The van der Waals surface area contributed by atoms with Crippen molar-refractivity contribution in [1.82, 2.24) is 15.3 Å². The van der Waals surface area contributed by atoms with Crippen LogP contribution in [0.3, 0.4) is 0 Å². The van der Waals surface area contributed by atoms with Crippen LogP contribution in [0.5, 0.6) is 0 Å². The molecule has 18 heavy (non-hydrogen) atoms. The van der Waals surface area contributed by atoms with E-state index < -0.39 is 0 Å². The van der Waals surface area contributed by atoms with E-state index in [4.69, 9.17) is 0 Å². The third kappa shape index (κ3) is 3.62. The van der Waals surface area contributed by atoms with E-state index in [1.54, 1.807) is 6.20 Å². The van der Waals surface area contributed by atoms with Gasteiger partial charge in [0, 0.05) is 29.5 Å². The zero-order valence-corrected chi connectivity index (χ0v) is 12.1. The molecule has 0 saturated heterocycles. The Labute approximate surface area is 116 Å². The standard InChI is InChI=1S/C14H16BrN3/c1-10-7-18-14(8-16-10)9-17-11(2)12-4-3-5-13(15)6-12/h3-8,11,17H,9H2,1-2H3. The second-order valence-corrected chi connectivity index (χ2v) is 5.22. The zero-order chi connectivity index (χ0) is 13.0. The van der Waals surface area contributed by atoms with Crippen LogP contribution in [0.2, 0.25) is 0 Å². The van der Waals surface area contributed by atoms with Gasteiger partial charge in [0.25, 0.3) is 0 Å². The third-order valence-corrected chi connectivity index (χ3v) is 3.27. The first kappa shape index (κ1) is 13.2. The molecule has 0 spiro atoms. The van der Waals surface area contributed by atoms with Gasteiger partial charge in [0.05, 0.1) is 11.4 Å². The van der Waals surface area contributed by atoms with Crippen LogP contribution in [-0.4, -0.2) is 9.97 Å². The van der Waals surface area contributed by atoms with Crippen molar-refractivity contribution in [3.05, 3.63) is 58.1 Å². The Balaban J connectivity index is 1.96. The van der Waals surface area contributed by atoms with Gasteiger partial charge in [-0.2, -0.15) is 0 Å². The van der Waals surface area contributed by atoms with E-state index in [0.29, 0.717) is 0 Å². The van der Waals surface area contributed by atoms with Gasteiger partial charge in [0.15, 0.2) is 0 Å². The molecule has 1 aromatic heterocycles. The number of benzene rings is 1. The largest absolute Gasteiger partial charge is 0.305 e. The SMILES string of the molecule is Cc1cnc(CNC(C)c2cccc(Br)c2)cn1. The van der Waals surface area contributed by atoms with Crippen molar-refractivity contribution in [2.24, 2.45) is 0 Å². The Morgan fingerprint density at radius 2 is 2.11 bits per heavy atom. The predicted octanol–water partition coefficient (Wildman–Crippen LogP) is 3.40. The lowest BCUT2D eigenvalue weighted by atomic mass is 10.1. The van der Waals surface area contributed by atoms with Crippen LogP contribution in [0.1, 0.15) is 29.9 Å². The number of halogens is 1. The van der Waals surface area contributed by atoms with Crippen LogP contribution in [0, 0.1) is 6.92 Å². The lowest BCUT2D eigenvalue weighted by Crippen LogP contribution is -2.18. The predicted molar refractivity (Wildman–Crippen MR) is 76.2 cm³/mol. The summed E-state index contributed by atoms with van der Waals surface area (Å²) >= 11 is 3.48.